The van der Waals surface area contributed by atoms with Gasteiger partial charge in [0.25, 0.3) is 0 Å². The maximum absolute atomic E-state index is 8.48. The molecule has 0 atom stereocenters. The Morgan fingerprint density at radius 1 is 0.618 bits per heavy atom. The van der Waals surface area contributed by atoms with E-state index in [1.165, 1.54) is 26.2 Å². The Hall–Kier alpha value is -5.97. The number of fused-ring (bicyclic) bond motifs is 10. The van der Waals surface area contributed by atoms with Gasteiger partial charge in [-0.1, -0.05) is 57.2 Å². The van der Waals surface area contributed by atoms with E-state index in [4.69, 9.17) is 17.9 Å². The Balaban J connectivity index is 1.15. The maximum atomic E-state index is 8.48. The van der Waals surface area contributed by atoms with Crippen LogP contribution in [0.15, 0.2) is 134 Å². The number of benzene rings is 6. The zero-order valence-electron chi connectivity index (χ0n) is 36.2. The minimum absolute atomic E-state index is 0.0344. The molecule has 0 aliphatic heterocycles. The number of aromatic nitrogens is 5. The summed E-state index contributed by atoms with van der Waals surface area (Å²) in [6.45, 7) is 1.62. The van der Waals surface area contributed by atoms with Gasteiger partial charge in [-0.25, -0.2) is 0 Å². The fourth-order valence-corrected chi connectivity index (χ4v) is 9.30. The second-order valence-corrected chi connectivity index (χ2v) is 16.3. The second kappa shape index (κ2) is 11.5. The summed E-state index contributed by atoms with van der Waals surface area (Å²) < 4.78 is 65.1. The average molecular weight is 901 g/mol. The normalized spacial score (nSPS) is 14.6. The van der Waals surface area contributed by atoms with Crippen LogP contribution in [-0.4, -0.2) is 23.1 Å². The Labute approximate surface area is 336 Å². The third kappa shape index (κ3) is 4.64. The van der Waals surface area contributed by atoms with Gasteiger partial charge in [-0.2, -0.15) is 0 Å². The molecule has 55 heavy (non-hydrogen) atoms. The fourth-order valence-electron chi connectivity index (χ4n) is 8.46. The van der Waals surface area contributed by atoms with E-state index in [1.807, 2.05) is 60.4 Å². The zero-order chi connectivity index (χ0) is 42.3. The number of hydrogen-bond donors (Lipinski definition) is 0. The molecule has 6 nitrogen and oxygen atoms in total. The van der Waals surface area contributed by atoms with Gasteiger partial charge < -0.3 is 4.40 Å². The van der Waals surface area contributed by atoms with Gasteiger partial charge in [-0.05, 0) is 23.1 Å². The number of rotatable bonds is 4. The third-order valence-corrected chi connectivity index (χ3v) is 12.1. The minimum atomic E-state index is -2.50. The molecule has 0 amide bonds. The Morgan fingerprint density at radius 2 is 1.35 bits per heavy atom. The zero-order valence-corrected chi connectivity index (χ0v) is 32.4. The predicted octanol–water partition coefficient (Wildman–Crippen LogP) is 12.1. The van der Waals surface area contributed by atoms with Crippen molar-refractivity contribution in [2.75, 3.05) is 0 Å². The number of hydrogen-bond acceptors (Lipinski definition) is 2. The first kappa shape index (κ1) is 26.7. The van der Waals surface area contributed by atoms with Gasteiger partial charge in [-0.3, -0.25) is 0 Å². The molecule has 0 saturated carbocycles. The smallest absolute Gasteiger partial charge is 0.0620 e. The van der Waals surface area contributed by atoms with Crippen LogP contribution in [0.1, 0.15) is 40.1 Å². The van der Waals surface area contributed by atoms with Gasteiger partial charge in [-0.15, -0.1) is 0 Å². The standard InChI is InChI=1S/C48H37N5O.Pt/c1-29-17-18-31(51-28-50(5)40-15-8-9-16-41(40)51)24-45(29)54-32-19-20-34-37-26-38-36-13-10-12-35-33-11-6-7-14-39(33)53(47(35)36)44(38)27-43(37)52(42(34)25-32)46-23-30(21-22-49-46)48(2,3)4;/h6-27H,1-5H3;/i1D3,5D3;. The van der Waals surface area contributed by atoms with E-state index < -0.39 is 13.8 Å². The molecule has 0 bridgehead atoms. The van der Waals surface area contributed by atoms with E-state index in [1.54, 1.807) is 30.3 Å². The van der Waals surface area contributed by atoms with Crippen molar-refractivity contribution in [3.63, 3.8) is 0 Å². The van der Waals surface area contributed by atoms with Crippen LogP contribution in [0.3, 0.4) is 0 Å². The van der Waals surface area contributed by atoms with Crippen molar-refractivity contribution in [3.05, 3.63) is 149 Å². The Bertz CT molecular complexity index is 3680. The topological polar surface area (TPSA) is 41.3 Å². The van der Waals surface area contributed by atoms with E-state index in [-0.39, 0.29) is 16.7 Å². The molecule has 7 heteroatoms. The van der Waals surface area contributed by atoms with Crippen LogP contribution >= 0.6 is 0 Å². The number of ether oxygens (including phenoxy) is 1. The first-order valence-electron chi connectivity index (χ1n) is 21.2. The van der Waals surface area contributed by atoms with Gasteiger partial charge in [0.05, 0.1) is 16.6 Å². The molecule has 0 aliphatic carbocycles. The van der Waals surface area contributed by atoms with Crippen molar-refractivity contribution in [1.82, 2.24) is 23.1 Å². The van der Waals surface area contributed by atoms with Crippen LogP contribution in [0.5, 0.6) is 11.5 Å². The molecule has 5 aromatic heterocycles. The molecule has 0 saturated heterocycles. The number of aryl methyl sites for hydroxylation is 2. The van der Waals surface area contributed by atoms with Crippen molar-refractivity contribution in [1.29, 1.82) is 0 Å². The fraction of sp³-hybridized carbons (Fsp3) is 0.125. The molecule has 0 unspecified atom stereocenters. The van der Waals surface area contributed by atoms with Gasteiger partial charge in [0.1, 0.15) is 0 Å². The molecular weight excluding hydrogens is 858 g/mol. The molecule has 11 rings (SSSR count). The second-order valence-electron chi connectivity index (χ2n) is 15.3. The largest absolute Gasteiger partial charge is 0.0620 e. The molecule has 0 spiro atoms. The molecular formula is C48H37N5OPt. The van der Waals surface area contributed by atoms with Crippen molar-refractivity contribution >= 4 is 70.9 Å². The van der Waals surface area contributed by atoms with Gasteiger partial charge in [0, 0.05) is 27.7 Å². The predicted molar refractivity (Wildman–Crippen MR) is 222 cm³/mol. The molecule has 270 valence electrons. The number of imidazole rings is 1. The number of nitrogens with zero attached hydrogens (tertiary/aromatic N) is 5. The van der Waals surface area contributed by atoms with Crippen LogP contribution in [0.4, 0.5) is 0 Å². The van der Waals surface area contributed by atoms with Crippen molar-refractivity contribution in [2.45, 2.75) is 33.0 Å². The molecule has 6 aromatic carbocycles. The summed E-state index contributed by atoms with van der Waals surface area (Å²) >= 11 is 2.01. The van der Waals surface area contributed by atoms with Gasteiger partial charge in [0.15, 0.2) is 0 Å². The summed E-state index contributed by atoms with van der Waals surface area (Å²) in [5, 5.41) is 6.82. The van der Waals surface area contributed by atoms with Gasteiger partial charge >= 0.3 is 209 Å². The van der Waals surface area contributed by atoms with E-state index in [2.05, 4.69) is 96.5 Å². The quantitative estimate of drug-likeness (QED) is 0.177. The van der Waals surface area contributed by atoms with E-state index in [0.29, 0.717) is 26.3 Å². The Kier molecular flexibility index (Phi) is 5.60. The van der Waals surface area contributed by atoms with Crippen LogP contribution in [-0.2, 0) is 31.7 Å². The summed E-state index contributed by atoms with van der Waals surface area (Å²) in [7, 11) is 0. The van der Waals surface area contributed by atoms with E-state index >= 15 is 0 Å². The van der Waals surface area contributed by atoms with Crippen LogP contribution in [0.25, 0.3) is 82.4 Å². The van der Waals surface area contributed by atoms with E-state index in [0.717, 1.165) is 49.6 Å². The Morgan fingerprint density at radius 3 is 2.16 bits per heavy atom. The summed E-state index contributed by atoms with van der Waals surface area (Å²) in [6, 6.07) is 41.9. The van der Waals surface area contributed by atoms with Crippen LogP contribution < -0.4 is 4.74 Å². The van der Waals surface area contributed by atoms with Crippen molar-refractivity contribution in [2.24, 2.45) is 6.98 Å². The molecule has 0 fully saturated rings. The molecule has 5 heterocycles. The van der Waals surface area contributed by atoms with Gasteiger partial charge in [0.2, 0.25) is 0 Å². The summed E-state index contributed by atoms with van der Waals surface area (Å²) in [6.07, 6.45) is 1.86. The van der Waals surface area contributed by atoms with Crippen molar-refractivity contribution in [3.8, 4) is 23.0 Å². The van der Waals surface area contributed by atoms with E-state index in [9.17, 15) is 0 Å². The minimum Gasteiger partial charge on any atom is 0.0620 e. The summed E-state index contributed by atoms with van der Waals surface area (Å²) in [5.74, 6) is 1.33. The van der Waals surface area contributed by atoms with Crippen LogP contribution in [0, 0.1) is 10.7 Å². The molecule has 0 radical (unpaired) electrons. The number of para-hydroxylation sites is 4. The van der Waals surface area contributed by atoms with Crippen LogP contribution in [0.2, 0.25) is 0 Å². The first-order chi connectivity index (χ1) is 29.1. The maximum Gasteiger partial charge on any atom is 0.0620 e. The summed E-state index contributed by atoms with van der Waals surface area (Å²) in [4.78, 5) is 4.96. The molecule has 0 aliphatic rings. The van der Waals surface area contributed by atoms with Crippen molar-refractivity contribution < 1.29 is 32.3 Å². The summed E-state index contributed by atoms with van der Waals surface area (Å²) in [5.41, 5.74) is 8.07. The third-order valence-electron chi connectivity index (χ3n) is 11.1. The SMILES string of the molecule is [2H]C([2H])([2H])c1ccc(-n2[c](=[Pt])n(C([2H])([2H])[2H])c3ccccc32)cc1Oc1ccc2c3cc4c5cccc6c7ccccc7n(c4cc3n(-c3cc(C(C)(C)C)ccn3)c2c1)c65. The first-order valence-corrected chi connectivity index (χ1v) is 19.3. The average Bonchev–Trinajstić information content (AvgIpc) is 3.92. The molecule has 0 N–H and O–H groups in total. The molecule has 11 aromatic rings. The monoisotopic (exact) mass is 900 g/mol. The number of pyridine rings is 1.